The molecule has 0 aliphatic heterocycles. The van der Waals surface area contributed by atoms with Gasteiger partial charge in [0.1, 0.15) is 5.15 Å². The Hall–Kier alpha value is -1.39. The molecule has 1 unspecified atom stereocenters. The summed E-state index contributed by atoms with van der Waals surface area (Å²) in [5.41, 5.74) is 0. The van der Waals surface area contributed by atoms with E-state index in [0.29, 0.717) is 0 Å². The van der Waals surface area contributed by atoms with Gasteiger partial charge in [-0.3, -0.25) is 9.71 Å². The molecule has 0 radical (unpaired) electrons. The summed E-state index contributed by atoms with van der Waals surface area (Å²) in [6, 6.07) is 1.70. The highest BCUT2D eigenvalue weighted by molar-refractivity contribution is 7.93. The molecule has 0 aliphatic rings. The minimum atomic E-state index is -3.76. The first-order valence-electron chi connectivity index (χ1n) is 4.38. The molecule has 1 heterocycles. The van der Waals surface area contributed by atoms with Crippen molar-refractivity contribution in [1.82, 2.24) is 9.97 Å². The predicted octanol–water partition coefficient (Wildman–Crippen LogP) is 1.17. The number of nitriles is 1. The Bertz CT molecular complexity index is 511. The van der Waals surface area contributed by atoms with Gasteiger partial charge in [0.05, 0.1) is 18.5 Å². The number of sulfonamides is 1. The number of anilines is 1. The Kier molecular flexibility index (Phi) is 4.04. The van der Waals surface area contributed by atoms with Crippen LogP contribution in [-0.2, 0) is 10.0 Å². The molecule has 1 aromatic heterocycles. The summed E-state index contributed by atoms with van der Waals surface area (Å²) < 4.78 is 25.4. The summed E-state index contributed by atoms with van der Waals surface area (Å²) in [6.45, 7) is 1.61. The van der Waals surface area contributed by atoms with Crippen LogP contribution in [0.4, 0.5) is 5.82 Å². The Morgan fingerprint density at radius 3 is 2.81 bits per heavy atom. The van der Waals surface area contributed by atoms with Gasteiger partial charge in [0.25, 0.3) is 0 Å². The average molecular weight is 261 g/mol. The third kappa shape index (κ3) is 3.05. The molecule has 86 valence electrons. The van der Waals surface area contributed by atoms with Crippen molar-refractivity contribution in [3.8, 4) is 6.07 Å². The summed E-state index contributed by atoms with van der Waals surface area (Å²) in [4.78, 5) is 7.39. The number of nitrogens with one attached hydrogen (secondary N) is 1. The number of nitrogens with zero attached hydrogens (tertiary/aromatic N) is 3. The van der Waals surface area contributed by atoms with Crippen LogP contribution in [0.2, 0.25) is 5.15 Å². The monoisotopic (exact) mass is 260 g/mol. The summed E-state index contributed by atoms with van der Waals surface area (Å²) in [5, 5.41) is 7.62. The maximum atomic E-state index is 11.6. The zero-order valence-corrected chi connectivity index (χ0v) is 9.96. The van der Waals surface area contributed by atoms with E-state index < -0.39 is 15.3 Å². The number of hydrogen-bond donors (Lipinski definition) is 1. The van der Waals surface area contributed by atoms with Crippen molar-refractivity contribution in [3.05, 3.63) is 17.5 Å². The third-order valence-electron chi connectivity index (χ3n) is 1.74. The standard InChI is InChI=1S/C8H9ClN4O2S/c1-2-6(3-10)16(14,15)13-8-5-11-4-7(9)12-8/h4-6H,2H2,1H3,(H,12,13). The van der Waals surface area contributed by atoms with Crippen molar-refractivity contribution >= 4 is 27.4 Å². The smallest absolute Gasteiger partial charge is 0.250 e. The first kappa shape index (κ1) is 12.7. The van der Waals surface area contributed by atoms with E-state index in [2.05, 4.69) is 14.7 Å². The Balaban J connectivity index is 2.94. The fraction of sp³-hybridized carbons (Fsp3) is 0.375. The maximum absolute atomic E-state index is 11.6. The molecule has 0 spiro atoms. The van der Waals surface area contributed by atoms with Gasteiger partial charge < -0.3 is 0 Å². The molecule has 6 nitrogen and oxygen atoms in total. The second kappa shape index (κ2) is 5.09. The quantitative estimate of drug-likeness (QED) is 0.877. The maximum Gasteiger partial charge on any atom is 0.250 e. The lowest BCUT2D eigenvalue weighted by Crippen LogP contribution is -2.26. The zero-order valence-electron chi connectivity index (χ0n) is 8.38. The van der Waals surface area contributed by atoms with E-state index in [4.69, 9.17) is 16.9 Å². The van der Waals surface area contributed by atoms with Crippen LogP contribution in [0.5, 0.6) is 0 Å². The van der Waals surface area contributed by atoms with Gasteiger partial charge >= 0.3 is 0 Å². The Morgan fingerprint density at radius 2 is 2.31 bits per heavy atom. The van der Waals surface area contributed by atoms with Gasteiger partial charge in [0.15, 0.2) is 11.1 Å². The van der Waals surface area contributed by atoms with E-state index in [-0.39, 0.29) is 17.4 Å². The lowest BCUT2D eigenvalue weighted by atomic mass is 10.4. The van der Waals surface area contributed by atoms with Crippen LogP contribution in [0.3, 0.4) is 0 Å². The minimum absolute atomic E-state index is 0.00111. The normalized spacial score (nSPS) is 12.8. The molecule has 16 heavy (non-hydrogen) atoms. The zero-order chi connectivity index (χ0) is 12.2. The molecule has 8 heteroatoms. The second-order valence-electron chi connectivity index (χ2n) is 2.90. The second-order valence-corrected chi connectivity index (χ2v) is 5.15. The molecular formula is C8H9ClN4O2S. The van der Waals surface area contributed by atoms with Gasteiger partial charge in [-0.15, -0.1) is 0 Å². The van der Waals surface area contributed by atoms with Crippen LogP contribution in [0, 0.1) is 11.3 Å². The fourth-order valence-electron chi connectivity index (χ4n) is 0.988. The molecule has 0 fully saturated rings. The van der Waals surface area contributed by atoms with Crippen molar-refractivity contribution < 1.29 is 8.42 Å². The molecule has 0 amide bonds. The van der Waals surface area contributed by atoms with Crippen LogP contribution >= 0.6 is 11.6 Å². The number of rotatable bonds is 4. The molecule has 1 atom stereocenters. The van der Waals surface area contributed by atoms with E-state index in [1.165, 1.54) is 12.4 Å². The van der Waals surface area contributed by atoms with Gasteiger partial charge in [-0.2, -0.15) is 5.26 Å². The number of hydrogen-bond acceptors (Lipinski definition) is 5. The van der Waals surface area contributed by atoms with Gasteiger partial charge in [0, 0.05) is 0 Å². The van der Waals surface area contributed by atoms with Crippen molar-refractivity contribution in [2.45, 2.75) is 18.6 Å². The van der Waals surface area contributed by atoms with E-state index in [0.717, 1.165) is 0 Å². The summed E-state index contributed by atoms with van der Waals surface area (Å²) in [7, 11) is -3.76. The van der Waals surface area contributed by atoms with Crippen LogP contribution < -0.4 is 4.72 Å². The topological polar surface area (TPSA) is 95.7 Å². The molecule has 1 rings (SSSR count). The van der Waals surface area contributed by atoms with Crippen molar-refractivity contribution in [2.75, 3.05) is 4.72 Å². The van der Waals surface area contributed by atoms with E-state index in [9.17, 15) is 8.42 Å². The molecule has 1 aromatic rings. The molecule has 1 N–H and O–H groups in total. The highest BCUT2D eigenvalue weighted by Crippen LogP contribution is 2.12. The summed E-state index contributed by atoms with van der Waals surface area (Å²) >= 11 is 5.55. The predicted molar refractivity (Wildman–Crippen MR) is 59.3 cm³/mol. The van der Waals surface area contributed by atoms with E-state index >= 15 is 0 Å². The molecule has 0 aromatic carbocycles. The van der Waals surface area contributed by atoms with Crippen LogP contribution in [0.1, 0.15) is 13.3 Å². The van der Waals surface area contributed by atoms with Gasteiger partial charge in [-0.05, 0) is 6.42 Å². The fourth-order valence-corrected chi connectivity index (χ4v) is 2.25. The molecule has 0 saturated carbocycles. The first-order chi connectivity index (χ1) is 7.49. The Morgan fingerprint density at radius 1 is 1.62 bits per heavy atom. The minimum Gasteiger partial charge on any atom is -0.265 e. The SMILES string of the molecule is CCC(C#N)S(=O)(=O)Nc1cncc(Cl)n1. The van der Waals surface area contributed by atoms with Crippen LogP contribution in [-0.4, -0.2) is 23.6 Å². The van der Waals surface area contributed by atoms with Gasteiger partial charge in [0.2, 0.25) is 10.0 Å². The highest BCUT2D eigenvalue weighted by atomic mass is 35.5. The lowest BCUT2D eigenvalue weighted by Gasteiger charge is -2.09. The van der Waals surface area contributed by atoms with Gasteiger partial charge in [-0.1, -0.05) is 18.5 Å². The van der Waals surface area contributed by atoms with Crippen molar-refractivity contribution in [2.24, 2.45) is 0 Å². The largest absolute Gasteiger partial charge is 0.265 e. The third-order valence-corrected chi connectivity index (χ3v) is 3.60. The molecule has 0 aliphatic carbocycles. The Labute approximate surface area is 98.3 Å². The van der Waals surface area contributed by atoms with E-state index in [1.807, 2.05) is 0 Å². The van der Waals surface area contributed by atoms with Gasteiger partial charge in [-0.25, -0.2) is 13.4 Å². The summed E-state index contributed by atoms with van der Waals surface area (Å²) in [5.74, 6) is 0.00111. The van der Waals surface area contributed by atoms with Crippen LogP contribution in [0.25, 0.3) is 0 Å². The van der Waals surface area contributed by atoms with Crippen LogP contribution in [0.15, 0.2) is 12.4 Å². The number of halogens is 1. The van der Waals surface area contributed by atoms with Crippen molar-refractivity contribution in [3.63, 3.8) is 0 Å². The molecule has 0 bridgehead atoms. The number of aromatic nitrogens is 2. The van der Waals surface area contributed by atoms with Crippen molar-refractivity contribution in [1.29, 1.82) is 5.26 Å². The molecule has 0 saturated heterocycles. The highest BCUT2D eigenvalue weighted by Gasteiger charge is 2.23. The lowest BCUT2D eigenvalue weighted by molar-refractivity contribution is 0.592. The summed E-state index contributed by atoms with van der Waals surface area (Å²) in [6.07, 6.45) is 2.69. The first-order valence-corrected chi connectivity index (χ1v) is 6.31. The van der Waals surface area contributed by atoms with E-state index in [1.54, 1.807) is 13.0 Å². The average Bonchev–Trinajstić information content (AvgIpc) is 2.18. The molecular weight excluding hydrogens is 252 g/mol.